The Bertz CT molecular complexity index is 702. The lowest BCUT2D eigenvalue weighted by molar-refractivity contribution is 0.0690. The minimum atomic E-state index is -1.11. The summed E-state index contributed by atoms with van der Waals surface area (Å²) >= 11 is 6.37. The van der Waals surface area contributed by atoms with E-state index in [2.05, 4.69) is 14.9 Å². The predicted octanol–water partition coefficient (Wildman–Crippen LogP) is 2.33. The number of hydrogen-bond donors (Lipinski definition) is 1. The van der Waals surface area contributed by atoms with Gasteiger partial charge in [0.2, 0.25) is 0 Å². The van der Waals surface area contributed by atoms with Crippen LogP contribution in [0.25, 0.3) is 11.3 Å². The van der Waals surface area contributed by atoms with Gasteiger partial charge >= 0.3 is 5.97 Å². The Balaban J connectivity index is 1.91. The van der Waals surface area contributed by atoms with E-state index in [4.69, 9.17) is 21.4 Å². The highest BCUT2D eigenvalue weighted by Crippen LogP contribution is 2.30. The summed E-state index contributed by atoms with van der Waals surface area (Å²) in [5.41, 5.74) is 2.06. The van der Waals surface area contributed by atoms with Crippen LogP contribution in [0.3, 0.4) is 0 Å². The molecule has 114 valence electrons. The Morgan fingerprint density at radius 2 is 2.05 bits per heavy atom. The average Bonchev–Trinajstić information content (AvgIpc) is 2.55. The third kappa shape index (κ3) is 3.03. The van der Waals surface area contributed by atoms with Gasteiger partial charge in [-0.3, -0.25) is 4.98 Å². The van der Waals surface area contributed by atoms with Crippen molar-refractivity contribution in [3.63, 3.8) is 0 Å². The molecule has 0 atom stereocenters. The van der Waals surface area contributed by atoms with E-state index in [1.54, 1.807) is 6.07 Å². The van der Waals surface area contributed by atoms with E-state index in [1.807, 2.05) is 12.1 Å². The summed E-state index contributed by atoms with van der Waals surface area (Å²) in [5, 5.41) is 9.58. The molecule has 1 aromatic carbocycles. The minimum Gasteiger partial charge on any atom is -0.476 e. The minimum absolute atomic E-state index is 0.0918. The van der Waals surface area contributed by atoms with Crippen LogP contribution >= 0.6 is 11.6 Å². The monoisotopic (exact) mass is 319 g/mol. The van der Waals surface area contributed by atoms with E-state index in [1.165, 1.54) is 12.4 Å². The fourth-order valence-electron chi connectivity index (χ4n) is 2.34. The lowest BCUT2D eigenvalue weighted by atomic mass is 10.1. The highest BCUT2D eigenvalue weighted by atomic mass is 35.5. The number of morpholine rings is 1. The van der Waals surface area contributed by atoms with E-state index < -0.39 is 5.97 Å². The molecule has 0 aliphatic carbocycles. The van der Waals surface area contributed by atoms with E-state index in [0.717, 1.165) is 24.3 Å². The second kappa shape index (κ2) is 6.29. The molecular weight excluding hydrogens is 306 g/mol. The normalized spacial score (nSPS) is 14.9. The third-order valence-corrected chi connectivity index (χ3v) is 3.75. The number of benzene rings is 1. The number of carboxylic acids is 1. The largest absolute Gasteiger partial charge is 0.476 e. The first kappa shape index (κ1) is 14.7. The standard InChI is InChI=1S/C15H14ClN3O3/c16-11-7-10(12-8-17-9-13(18-12)15(20)21)1-2-14(11)19-3-5-22-6-4-19/h1-2,7-9H,3-6H2,(H,20,21). The average molecular weight is 320 g/mol. The third-order valence-electron chi connectivity index (χ3n) is 3.45. The highest BCUT2D eigenvalue weighted by Gasteiger charge is 2.15. The summed E-state index contributed by atoms with van der Waals surface area (Å²) in [6.07, 6.45) is 2.74. The van der Waals surface area contributed by atoms with Crippen LogP contribution in [0.5, 0.6) is 0 Å². The molecule has 1 N–H and O–H groups in total. The molecule has 22 heavy (non-hydrogen) atoms. The fraction of sp³-hybridized carbons (Fsp3) is 0.267. The van der Waals surface area contributed by atoms with Crippen molar-refractivity contribution in [1.82, 2.24) is 9.97 Å². The molecule has 6 nitrogen and oxygen atoms in total. The Kier molecular flexibility index (Phi) is 4.22. The van der Waals surface area contributed by atoms with E-state index in [9.17, 15) is 4.79 Å². The number of carboxylic acid groups (broad SMARTS) is 1. The summed E-state index contributed by atoms with van der Waals surface area (Å²) in [7, 11) is 0. The van der Waals surface area contributed by atoms with Crippen LogP contribution in [-0.2, 0) is 4.74 Å². The molecule has 0 bridgehead atoms. The van der Waals surface area contributed by atoms with Gasteiger partial charge in [0.15, 0.2) is 5.69 Å². The summed E-state index contributed by atoms with van der Waals surface area (Å²) < 4.78 is 5.33. The van der Waals surface area contributed by atoms with Crippen LogP contribution < -0.4 is 4.90 Å². The fourth-order valence-corrected chi connectivity index (χ4v) is 2.64. The second-order valence-electron chi connectivity index (χ2n) is 4.86. The summed E-state index contributed by atoms with van der Waals surface area (Å²) in [4.78, 5) is 21.1. The predicted molar refractivity (Wildman–Crippen MR) is 82.5 cm³/mol. The Morgan fingerprint density at radius 1 is 1.27 bits per heavy atom. The molecule has 2 heterocycles. The topological polar surface area (TPSA) is 75.5 Å². The maximum absolute atomic E-state index is 11.0. The van der Waals surface area contributed by atoms with Crippen molar-refractivity contribution in [3.8, 4) is 11.3 Å². The second-order valence-corrected chi connectivity index (χ2v) is 5.27. The molecule has 1 aliphatic heterocycles. The lowest BCUT2D eigenvalue weighted by Crippen LogP contribution is -2.36. The summed E-state index contributed by atoms with van der Waals surface area (Å²) in [6.45, 7) is 2.97. The van der Waals surface area contributed by atoms with E-state index in [-0.39, 0.29) is 5.69 Å². The van der Waals surface area contributed by atoms with Crippen molar-refractivity contribution >= 4 is 23.3 Å². The Morgan fingerprint density at radius 3 is 2.73 bits per heavy atom. The first-order chi connectivity index (χ1) is 10.6. The van der Waals surface area contributed by atoms with Crippen molar-refractivity contribution < 1.29 is 14.6 Å². The first-order valence-corrected chi connectivity index (χ1v) is 7.21. The smallest absolute Gasteiger partial charge is 0.356 e. The summed E-state index contributed by atoms with van der Waals surface area (Å²) in [5.74, 6) is -1.11. The van der Waals surface area contributed by atoms with Gasteiger partial charge in [0.05, 0.1) is 42.0 Å². The van der Waals surface area contributed by atoms with Gasteiger partial charge in [-0.05, 0) is 12.1 Å². The van der Waals surface area contributed by atoms with Crippen LogP contribution in [0.15, 0.2) is 30.6 Å². The molecule has 1 aliphatic rings. The maximum atomic E-state index is 11.0. The maximum Gasteiger partial charge on any atom is 0.356 e. The van der Waals surface area contributed by atoms with Crippen molar-refractivity contribution in [1.29, 1.82) is 0 Å². The molecule has 0 spiro atoms. The molecule has 1 saturated heterocycles. The summed E-state index contributed by atoms with van der Waals surface area (Å²) in [6, 6.07) is 5.56. The van der Waals surface area contributed by atoms with Crippen LogP contribution in [0, 0.1) is 0 Å². The number of rotatable bonds is 3. The van der Waals surface area contributed by atoms with Gasteiger partial charge in [-0.25, -0.2) is 9.78 Å². The van der Waals surface area contributed by atoms with Crippen molar-refractivity contribution in [2.75, 3.05) is 31.2 Å². The van der Waals surface area contributed by atoms with Crippen LogP contribution in [0.4, 0.5) is 5.69 Å². The number of anilines is 1. The van der Waals surface area contributed by atoms with Crippen molar-refractivity contribution in [2.45, 2.75) is 0 Å². The van der Waals surface area contributed by atoms with E-state index >= 15 is 0 Å². The zero-order valence-corrected chi connectivity index (χ0v) is 12.5. The molecule has 7 heteroatoms. The van der Waals surface area contributed by atoms with Crippen LogP contribution in [0.2, 0.25) is 5.02 Å². The van der Waals surface area contributed by atoms with Crippen LogP contribution in [-0.4, -0.2) is 47.3 Å². The zero-order chi connectivity index (χ0) is 15.5. The Hall–Kier alpha value is -2.18. The molecule has 3 rings (SSSR count). The number of halogens is 1. The molecule has 0 amide bonds. The van der Waals surface area contributed by atoms with Crippen LogP contribution in [0.1, 0.15) is 10.5 Å². The highest BCUT2D eigenvalue weighted by molar-refractivity contribution is 6.33. The molecular formula is C15H14ClN3O3. The van der Waals surface area contributed by atoms with Gasteiger partial charge in [-0.2, -0.15) is 0 Å². The molecule has 0 radical (unpaired) electrons. The van der Waals surface area contributed by atoms with Gasteiger partial charge in [-0.15, -0.1) is 0 Å². The van der Waals surface area contributed by atoms with Crippen molar-refractivity contribution in [3.05, 3.63) is 41.3 Å². The van der Waals surface area contributed by atoms with E-state index in [0.29, 0.717) is 23.9 Å². The Labute approximate surface area is 132 Å². The zero-order valence-electron chi connectivity index (χ0n) is 11.7. The molecule has 1 fully saturated rings. The molecule has 2 aromatic rings. The van der Waals surface area contributed by atoms with Gasteiger partial charge in [0, 0.05) is 18.7 Å². The van der Waals surface area contributed by atoms with Gasteiger partial charge in [0.1, 0.15) is 0 Å². The number of ether oxygens (including phenoxy) is 1. The number of aromatic carboxylic acids is 1. The first-order valence-electron chi connectivity index (χ1n) is 6.83. The number of nitrogens with zero attached hydrogens (tertiary/aromatic N) is 3. The van der Waals surface area contributed by atoms with Gasteiger partial charge in [-0.1, -0.05) is 17.7 Å². The lowest BCUT2D eigenvalue weighted by Gasteiger charge is -2.29. The quantitative estimate of drug-likeness (QED) is 0.935. The SMILES string of the molecule is O=C(O)c1cncc(-c2ccc(N3CCOCC3)c(Cl)c2)n1. The van der Waals surface area contributed by atoms with Crippen molar-refractivity contribution in [2.24, 2.45) is 0 Å². The number of carbonyl (C=O) groups is 1. The molecule has 1 aromatic heterocycles. The van der Waals surface area contributed by atoms with Gasteiger partial charge in [0.25, 0.3) is 0 Å². The number of aromatic nitrogens is 2. The van der Waals surface area contributed by atoms with Gasteiger partial charge < -0.3 is 14.7 Å². The number of hydrogen-bond acceptors (Lipinski definition) is 5. The molecule has 0 saturated carbocycles. The molecule has 0 unspecified atom stereocenters.